The molecule has 2 fully saturated rings. The standard InChI is InChI=1S/C25H25ClN4O3/c26-21-7-1-2-8-22(21)33-20-16-25(32-17-20)9-13-30(14-10-25)23(31)18-5-3-6-19(15-18)29-24-27-11-4-12-28-24/h1-8,11-12,15,20H,9-10,13-14,16-17H2,(H,27,28,29). The molecule has 1 amide bonds. The van der Waals surface area contributed by atoms with Crippen molar-refractivity contribution in [1.29, 1.82) is 0 Å². The fourth-order valence-electron chi connectivity index (χ4n) is 4.47. The van der Waals surface area contributed by atoms with Crippen molar-refractivity contribution in [2.45, 2.75) is 31.0 Å². The number of ether oxygens (including phenoxy) is 2. The molecule has 0 radical (unpaired) electrons. The van der Waals surface area contributed by atoms with Gasteiger partial charge < -0.3 is 19.7 Å². The highest BCUT2D eigenvalue weighted by Gasteiger charge is 2.44. The third-order valence-electron chi connectivity index (χ3n) is 6.20. The van der Waals surface area contributed by atoms with Gasteiger partial charge in [0.1, 0.15) is 11.9 Å². The minimum absolute atomic E-state index is 0.0179. The maximum absolute atomic E-state index is 13.1. The van der Waals surface area contributed by atoms with Crippen LogP contribution in [0.1, 0.15) is 29.6 Å². The van der Waals surface area contributed by atoms with Crippen LogP contribution in [0.4, 0.5) is 11.6 Å². The number of piperidine rings is 1. The van der Waals surface area contributed by atoms with Crippen LogP contribution in [0, 0.1) is 0 Å². The Labute approximate surface area is 197 Å². The topological polar surface area (TPSA) is 76.6 Å². The second-order valence-electron chi connectivity index (χ2n) is 8.44. The van der Waals surface area contributed by atoms with E-state index in [1.165, 1.54) is 0 Å². The van der Waals surface area contributed by atoms with Crippen LogP contribution in [-0.2, 0) is 4.74 Å². The maximum atomic E-state index is 13.1. The Morgan fingerprint density at radius 2 is 1.88 bits per heavy atom. The number of benzene rings is 2. The molecule has 2 aromatic carbocycles. The monoisotopic (exact) mass is 464 g/mol. The number of amides is 1. The predicted octanol–water partition coefficient (Wildman–Crippen LogP) is 4.72. The van der Waals surface area contributed by atoms with Gasteiger partial charge in [0.2, 0.25) is 5.95 Å². The number of rotatable bonds is 5. The Hall–Kier alpha value is -3.16. The van der Waals surface area contributed by atoms with Crippen molar-refractivity contribution in [2.75, 3.05) is 25.0 Å². The number of anilines is 2. The molecule has 3 aromatic rings. The van der Waals surface area contributed by atoms with Crippen molar-refractivity contribution in [3.63, 3.8) is 0 Å². The summed E-state index contributed by atoms with van der Waals surface area (Å²) < 4.78 is 12.3. The molecule has 7 nitrogen and oxygen atoms in total. The van der Waals surface area contributed by atoms with Crippen LogP contribution in [0.5, 0.6) is 5.75 Å². The summed E-state index contributed by atoms with van der Waals surface area (Å²) >= 11 is 6.23. The molecule has 1 unspecified atom stereocenters. The lowest BCUT2D eigenvalue weighted by atomic mass is 9.87. The molecule has 0 bridgehead atoms. The first kappa shape index (κ1) is 21.7. The lowest BCUT2D eigenvalue weighted by molar-refractivity contribution is -0.0395. The number of carbonyl (C=O) groups is 1. The molecule has 2 aliphatic rings. The molecule has 0 saturated carbocycles. The van der Waals surface area contributed by atoms with Gasteiger partial charge in [-0.3, -0.25) is 4.79 Å². The number of nitrogens with one attached hydrogen (secondary N) is 1. The molecular weight excluding hydrogens is 440 g/mol. The van der Waals surface area contributed by atoms with Gasteiger partial charge in [-0.15, -0.1) is 0 Å². The number of likely N-dealkylation sites (tertiary alicyclic amines) is 1. The van der Waals surface area contributed by atoms with Gasteiger partial charge >= 0.3 is 0 Å². The number of carbonyl (C=O) groups excluding carboxylic acids is 1. The van der Waals surface area contributed by atoms with Crippen LogP contribution >= 0.6 is 11.6 Å². The first-order valence-electron chi connectivity index (χ1n) is 11.1. The molecule has 3 heterocycles. The van der Waals surface area contributed by atoms with E-state index in [1.807, 2.05) is 53.4 Å². The van der Waals surface area contributed by atoms with Gasteiger partial charge in [-0.25, -0.2) is 9.97 Å². The summed E-state index contributed by atoms with van der Waals surface area (Å²) in [4.78, 5) is 23.4. The van der Waals surface area contributed by atoms with Crippen LogP contribution in [0.2, 0.25) is 5.02 Å². The Morgan fingerprint density at radius 1 is 1.09 bits per heavy atom. The minimum Gasteiger partial charge on any atom is -0.486 e. The van der Waals surface area contributed by atoms with Gasteiger partial charge in [-0.05, 0) is 49.2 Å². The van der Waals surface area contributed by atoms with Crippen LogP contribution in [0.15, 0.2) is 67.0 Å². The molecular formula is C25H25ClN4O3. The first-order valence-corrected chi connectivity index (χ1v) is 11.5. The largest absolute Gasteiger partial charge is 0.486 e. The van der Waals surface area contributed by atoms with E-state index in [4.69, 9.17) is 21.1 Å². The van der Waals surface area contributed by atoms with Crippen molar-refractivity contribution in [3.8, 4) is 5.75 Å². The normalized spacial score (nSPS) is 19.4. The van der Waals surface area contributed by atoms with Crippen LogP contribution in [0.25, 0.3) is 0 Å². The molecule has 2 saturated heterocycles. The number of nitrogens with zero attached hydrogens (tertiary/aromatic N) is 3. The Morgan fingerprint density at radius 3 is 2.67 bits per heavy atom. The average molecular weight is 465 g/mol. The average Bonchev–Trinajstić information content (AvgIpc) is 3.23. The Bertz CT molecular complexity index is 1120. The third kappa shape index (κ3) is 4.94. The maximum Gasteiger partial charge on any atom is 0.253 e. The molecule has 33 heavy (non-hydrogen) atoms. The molecule has 1 spiro atoms. The number of hydrogen-bond acceptors (Lipinski definition) is 6. The summed E-state index contributed by atoms with van der Waals surface area (Å²) in [6, 6.07) is 16.7. The van der Waals surface area contributed by atoms with Gasteiger partial charge in [0, 0.05) is 43.2 Å². The summed E-state index contributed by atoms with van der Waals surface area (Å²) in [5, 5.41) is 3.74. The number of para-hydroxylation sites is 1. The van der Waals surface area contributed by atoms with Crippen molar-refractivity contribution in [1.82, 2.24) is 14.9 Å². The van der Waals surface area contributed by atoms with Gasteiger partial charge in [0.25, 0.3) is 5.91 Å². The SMILES string of the molecule is O=C(c1cccc(Nc2ncccn2)c1)N1CCC2(CC1)CC(Oc1ccccc1Cl)CO2. The van der Waals surface area contributed by atoms with E-state index in [0.717, 1.165) is 24.9 Å². The van der Waals surface area contributed by atoms with Crippen molar-refractivity contribution in [3.05, 3.63) is 77.6 Å². The smallest absolute Gasteiger partial charge is 0.253 e. The molecule has 1 N–H and O–H groups in total. The van der Waals surface area contributed by atoms with Crippen LogP contribution in [-0.4, -0.2) is 52.2 Å². The van der Waals surface area contributed by atoms with E-state index >= 15 is 0 Å². The molecule has 170 valence electrons. The van der Waals surface area contributed by atoms with Gasteiger partial charge in [0.15, 0.2) is 0 Å². The van der Waals surface area contributed by atoms with Crippen molar-refractivity contribution in [2.24, 2.45) is 0 Å². The zero-order valence-corrected chi connectivity index (χ0v) is 18.9. The molecule has 2 aliphatic heterocycles. The zero-order chi connectivity index (χ0) is 22.7. The lowest BCUT2D eigenvalue weighted by Gasteiger charge is -2.38. The molecule has 1 atom stereocenters. The van der Waals surface area contributed by atoms with Crippen LogP contribution in [0.3, 0.4) is 0 Å². The van der Waals surface area contributed by atoms with Crippen LogP contribution < -0.4 is 10.1 Å². The summed E-state index contributed by atoms with van der Waals surface area (Å²) in [7, 11) is 0. The van der Waals surface area contributed by atoms with Gasteiger partial charge in [-0.2, -0.15) is 0 Å². The van der Waals surface area contributed by atoms with Gasteiger partial charge in [0.05, 0.1) is 17.2 Å². The zero-order valence-electron chi connectivity index (χ0n) is 18.1. The highest BCUT2D eigenvalue weighted by Crippen LogP contribution is 2.38. The van der Waals surface area contributed by atoms with Gasteiger partial charge in [-0.1, -0.05) is 29.8 Å². The number of aromatic nitrogens is 2. The molecule has 5 rings (SSSR count). The fourth-order valence-corrected chi connectivity index (χ4v) is 4.65. The highest BCUT2D eigenvalue weighted by atomic mass is 35.5. The highest BCUT2D eigenvalue weighted by molar-refractivity contribution is 6.32. The van der Waals surface area contributed by atoms with E-state index < -0.39 is 0 Å². The molecule has 8 heteroatoms. The second-order valence-corrected chi connectivity index (χ2v) is 8.85. The Balaban J connectivity index is 1.18. The molecule has 0 aliphatic carbocycles. The minimum atomic E-state index is -0.239. The van der Waals surface area contributed by atoms with Crippen molar-refractivity contribution >= 4 is 29.1 Å². The predicted molar refractivity (Wildman–Crippen MR) is 126 cm³/mol. The lowest BCUT2D eigenvalue weighted by Crippen LogP contribution is -2.46. The van der Waals surface area contributed by atoms with E-state index in [0.29, 0.717) is 42.0 Å². The van der Waals surface area contributed by atoms with E-state index in [1.54, 1.807) is 18.5 Å². The van der Waals surface area contributed by atoms with Crippen molar-refractivity contribution < 1.29 is 14.3 Å². The first-order chi connectivity index (χ1) is 16.1. The Kier molecular flexibility index (Phi) is 6.15. The fraction of sp³-hybridized carbons (Fsp3) is 0.320. The number of hydrogen-bond donors (Lipinski definition) is 1. The summed E-state index contributed by atoms with van der Waals surface area (Å²) in [5.74, 6) is 1.20. The molecule has 1 aromatic heterocycles. The third-order valence-corrected chi connectivity index (χ3v) is 6.51. The quantitative estimate of drug-likeness (QED) is 0.589. The summed E-state index contributed by atoms with van der Waals surface area (Å²) in [6.07, 6.45) is 5.69. The number of halogens is 1. The van der Waals surface area contributed by atoms with E-state index in [-0.39, 0.29) is 17.6 Å². The summed E-state index contributed by atoms with van der Waals surface area (Å²) in [5.41, 5.74) is 1.18. The second kappa shape index (κ2) is 9.37. The van der Waals surface area contributed by atoms with E-state index in [9.17, 15) is 4.79 Å². The summed E-state index contributed by atoms with van der Waals surface area (Å²) in [6.45, 7) is 1.84. The van der Waals surface area contributed by atoms with E-state index in [2.05, 4.69) is 15.3 Å².